The van der Waals surface area contributed by atoms with Crippen LogP contribution in [0.4, 0.5) is 5.69 Å². The minimum atomic E-state index is 0.424. The summed E-state index contributed by atoms with van der Waals surface area (Å²) in [5.41, 5.74) is 6.29. The van der Waals surface area contributed by atoms with Crippen molar-refractivity contribution < 1.29 is 14.3 Å². The monoisotopic (exact) mass is 472 g/mol. The van der Waals surface area contributed by atoms with E-state index in [0.29, 0.717) is 55.6 Å². The third kappa shape index (κ3) is 5.45. The van der Waals surface area contributed by atoms with Gasteiger partial charge in [-0.25, -0.2) is 0 Å². The smallest absolute Gasteiger partial charge is 0.171 e. The number of ether oxygens (including phenoxy) is 2. The molecule has 0 amide bonds. The number of aromatic nitrogens is 1. The van der Waals surface area contributed by atoms with Crippen LogP contribution in [0.25, 0.3) is 10.9 Å². The van der Waals surface area contributed by atoms with E-state index in [4.69, 9.17) is 33.3 Å². The summed E-state index contributed by atoms with van der Waals surface area (Å²) in [6.45, 7) is 0. The average Bonchev–Trinajstić information content (AvgIpc) is 2.79. The zero-order chi connectivity index (χ0) is 23.1. The lowest BCUT2D eigenvalue weighted by Crippen LogP contribution is -2.41. The van der Waals surface area contributed by atoms with Crippen molar-refractivity contribution in [3.05, 3.63) is 53.2 Å². The number of aldehydes is 1. The van der Waals surface area contributed by atoms with Gasteiger partial charge in [0.1, 0.15) is 17.2 Å². The number of nitrogens with two attached hydrogens (primary N) is 1. The van der Waals surface area contributed by atoms with Crippen LogP contribution in [0.15, 0.2) is 42.6 Å². The Morgan fingerprint density at radius 1 is 1.22 bits per heavy atom. The molecule has 4 N–H and O–H groups in total. The molecule has 0 unspecified atom stereocenters. The second-order valence-corrected chi connectivity index (χ2v) is 7.82. The molecule has 1 aliphatic carbocycles. The number of nitrogens with zero attached hydrogens (tertiary/aromatic N) is 1. The summed E-state index contributed by atoms with van der Waals surface area (Å²) < 4.78 is 11.3. The van der Waals surface area contributed by atoms with Gasteiger partial charge in [-0.05, 0) is 62.8 Å². The second-order valence-electron chi connectivity index (χ2n) is 7.01. The molecule has 1 heterocycles. The average molecular weight is 473 g/mol. The van der Waals surface area contributed by atoms with Gasteiger partial charge >= 0.3 is 0 Å². The van der Waals surface area contributed by atoms with E-state index in [2.05, 4.69) is 21.4 Å². The summed E-state index contributed by atoms with van der Waals surface area (Å²) in [6, 6.07) is 10.9. The van der Waals surface area contributed by atoms with Crippen molar-refractivity contribution in [3.63, 3.8) is 0 Å². The number of methoxy groups -OCH3 is 1. The number of hydrogen-bond donors (Lipinski definition) is 3. The van der Waals surface area contributed by atoms with Gasteiger partial charge in [0.15, 0.2) is 11.4 Å². The van der Waals surface area contributed by atoms with Crippen LogP contribution >= 0.6 is 23.8 Å². The van der Waals surface area contributed by atoms with Crippen molar-refractivity contribution in [2.75, 3.05) is 19.5 Å². The van der Waals surface area contributed by atoms with Crippen LogP contribution in [0.1, 0.15) is 29.6 Å². The lowest BCUT2D eigenvalue weighted by Gasteiger charge is -2.28. The lowest BCUT2D eigenvalue weighted by atomic mass is 9.93. The highest BCUT2D eigenvalue weighted by Gasteiger charge is 2.18. The van der Waals surface area contributed by atoms with E-state index in [1.807, 2.05) is 6.07 Å². The molecule has 7 nitrogen and oxygen atoms in total. The van der Waals surface area contributed by atoms with Gasteiger partial charge < -0.3 is 25.8 Å². The Hall–Kier alpha value is -2.94. The first-order valence-corrected chi connectivity index (χ1v) is 10.9. The Labute approximate surface area is 197 Å². The fraction of sp³-hybridized carbons (Fsp3) is 0.261. The number of halogens is 1. The molecule has 32 heavy (non-hydrogen) atoms. The summed E-state index contributed by atoms with van der Waals surface area (Å²) in [5, 5.41) is 8.14. The van der Waals surface area contributed by atoms with Gasteiger partial charge in [0.2, 0.25) is 0 Å². The number of pyridine rings is 1. The molecular weight excluding hydrogens is 448 g/mol. The molecule has 4 rings (SSSR count). The Kier molecular flexibility index (Phi) is 8.21. The van der Waals surface area contributed by atoms with Crippen LogP contribution in [0, 0.1) is 0 Å². The number of fused-ring (bicyclic) bond motifs is 1. The van der Waals surface area contributed by atoms with Gasteiger partial charge in [-0.15, -0.1) is 0 Å². The lowest BCUT2D eigenvalue weighted by molar-refractivity contribution is 0.112. The summed E-state index contributed by atoms with van der Waals surface area (Å²) in [5.74, 6) is 1.58. The van der Waals surface area contributed by atoms with Crippen molar-refractivity contribution in [3.8, 4) is 17.2 Å². The summed E-state index contributed by atoms with van der Waals surface area (Å²) in [6.07, 6.45) is 5.89. The van der Waals surface area contributed by atoms with E-state index in [0.717, 1.165) is 19.1 Å². The molecule has 9 heteroatoms. The molecule has 0 aliphatic heterocycles. The van der Waals surface area contributed by atoms with Crippen LogP contribution in [0.3, 0.4) is 0 Å². The number of nitrogens with one attached hydrogen (secondary N) is 2. The molecule has 1 aromatic heterocycles. The highest BCUT2D eigenvalue weighted by Crippen LogP contribution is 2.35. The van der Waals surface area contributed by atoms with E-state index in [9.17, 15) is 4.79 Å². The Morgan fingerprint density at radius 3 is 2.62 bits per heavy atom. The van der Waals surface area contributed by atoms with E-state index >= 15 is 0 Å². The fourth-order valence-electron chi connectivity index (χ4n) is 3.21. The Balaban J connectivity index is 0.00000141. The van der Waals surface area contributed by atoms with Crippen LogP contribution in [0.2, 0.25) is 5.02 Å². The van der Waals surface area contributed by atoms with E-state index in [1.54, 1.807) is 36.5 Å². The highest BCUT2D eigenvalue weighted by atomic mass is 35.5. The fourth-order valence-corrected chi connectivity index (χ4v) is 3.70. The molecular formula is C23H25ClN4O3S. The maximum absolute atomic E-state index is 11.4. The minimum Gasteiger partial charge on any atom is -0.496 e. The zero-order valence-corrected chi connectivity index (χ0v) is 19.4. The highest BCUT2D eigenvalue weighted by molar-refractivity contribution is 7.80. The largest absolute Gasteiger partial charge is 0.496 e. The molecule has 0 saturated heterocycles. The first kappa shape index (κ1) is 23.7. The molecule has 0 radical (unpaired) electrons. The number of benzene rings is 2. The third-order valence-corrected chi connectivity index (χ3v) is 5.57. The van der Waals surface area contributed by atoms with Crippen molar-refractivity contribution in [2.24, 2.45) is 5.73 Å². The van der Waals surface area contributed by atoms with Crippen LogP contribution in [-0.4, -0.2) is 36.6 Å². The zero-order valence-electron chi connectivity index (χ0n) is 17.9. The summed E-state index contributed by atoms with van der Waals surface area (Å²) in [7, 11) is 3.01. The van der Waals surface area contributed by atoms with Gasteiger partial charge in [-0.2, -0.15) is 0 Å². The van der Waals surface area contributed by atoms with Crippen molar-refractivity contribution in [2.45, 2.75) is 25.3 Å². The van der Waals surface area contributed by atoms with Crippen LogP contribution in [0.5, 0.6) is 17.2 Å². The summed E-state index contributed by atoms with van der Waals surface area (Å²) >= 11 is 11.8. The van der Waals surface area contributed by atoms with Gasteiger partial charge in [0.25, 0.3) is 0 Å². The number of thiocarbonyl (C=S) groups is 1. The topological polar surface area (TPSA) is 98.5 Å². The molecule has 2 aromatic carbocycles. The van der Waals surface area contributed by atoms with E-state index < -0.39 is 0 Å². The predicted octanol–water partition coefficient (Wildman–Crippen LogP) is 4.92. The number of anilines is 1. The predicted molar refractivity (Wildman–Crippen MR) is 132 cm³/mol. The van der Waals surface area contributed by atoms with Gasteiger partial charge in [0, 0.05) is 29.8 Å². The Morgan fingerprint density at radius 2 is 2.00 bits per heavy atom. The summed E-state index contributed by atoms with van der Waals surface area (Å²) in [4.78, 5) is 15.7. The number of carbonyl (C=O) groups excluding carboxylic acids is 1. The third-order valence-electron chi connectivity index (χ3n) is 5.04. The number of carbonyl (C=O) groups is 1. The van der Waals surface area contributed by atoms with Crippen LogP contribution < -0.4 is 25.8 Å². The van der Waals surface area contributed by atoms with Gasteiger partial charge in [-0.1, -0.05) is 11.6 Å². The minimum absolute atomic E-state index is 0.424. The quantitative estimate of drug-likeness (QED) is 0.343. The van der Waals surface area contributed by atoms with Crippen molar-refractivity contribution in [1.29, 1.82) is 0 Å². The second kappa shape index (κ2) is 11.1. The molecule has 1 aliphatic rings. The van der Waals surface area contributed by atoms with Crippen molar-refractivity contribution >= 4 is 51.8 Å². The first-order valence-electron chi connectivity index (χ1n) is 10.1. The van der Waals surface area contributed by atoms with Crippen molar-refractivity contribution in [1.82, 2.24) is 10.3 Å². The maximum Gasteiger partial charge on any atom is 0.171 e. The van der Waals surface area contributed by atoms with E-state index in [1.165, 1.54) is 20.6 Å². The van der Waals surface area contributed by atoms with Gasteiger partial charge in [0.05, 0.1) is 28.9 Å². The molecule has 1 saturated carbocycles. The van der Waals surface area contributed by atoms with Gasteiger partial charge in [-0.3, -0.25) is 9.78 Å². The number of rotatable bonds is 6. The molecule has 0 atom stereocenters. The normalized spacial score (nSPS) is 12.8. The molecule has 168 valence electrons. The molecule has 0 spiro atoms. The molecule has 3 aromatic rings. The standard InChI is InChI=1S/C22H20ClN3O3S.CH5N/c1-28-21-11-19-16(9-13(21)12-27)20(7-8-24-19)29-15-5-6-18(17(23)10-15)26-22(30)25-14-3-2-4-14;1-2/h5-12,14H,2-4H2,1H3,(H2,25,26,30);2H2,1H3. The SMILES string of the molecule is CN.COc1cc2nccc(Oc3ccc(NC(=S)NC4CCC4)c(Cl)c3)c2cc1C=O. The molecule has 0 bridgehead atoms. The molecule has 1 fully saturated rings. The van der Waals surface area contributed by atoms with Crippen LogP contribution in [-0.2, 0) is 0 Å². The Bertz CT molecular complexity index is 1120. The number of hydrogen-bond acceptors (Lipinski definition) is 6. The van der Waals surface area contributed by atoms with E-state index in [-0.39, 0.29) is 0 Å². The first-order chi connectivity index (χ1) is 15.6. The maximum atomic E-state index is 11.4.